The zero-order valence-electron chi connectivity index (χ0n) is 12.7. The molecular weight excluding hydrogens is 236 g/mol. The summed E-state index contributed by atoms with van der Waals surface area (Å²) in [6.45, 7) is 16.6. The summed E-state index contributed by atoms with van der Waals surface area (Å²) in [6, 6.07) is 4.66. The monoisotopic (exact) mass is 268 g/mol. The molecule has 17 heavy (non-hydrogen) atoms. The molecule has 1 rings (SSSR count). The average Bonchev–Trinajstić information content (AvgIpc) is 2.42. The fraction of sp³-hybridized carbons (Fsp3) is 0.867. The van der Waals surface area contributed by atoms with Crippen LogP contribution in [-0.2, 0) is 0 Å². The second-order valence-corrected chi connectivity index (χ2v) is 18.9. The van der Waals surface area contributed by atoms with Crippen LogP contribution in [0.4, 0.5) is 0 Å². The van der Waals surface area contributed by atoms with Crippen LogP contribution in [0.3, 0.4) is 0 Å². The highest BCUT2D eigenvalue weighted by Crippen LogP contribution is 2.40. The largest absolute Gasteiger partial charge is 0.103 e. The Hall–Kier alpha value is 0.174. The molecule has 0 amide bonds. The smallest absolute Gasteiger partial charge is 0.0476 e. The predicted octanol–water partition coefficient (Wildman–Crippen LogP) is 5.64. The number of rotatable bonds is 6. The van der Waals surface area contributed by atoms with Crippen LogP contribution in [0.15, 0.2) is 12.7 Å². The molecule has 2 unspecified atom stereocenters. The van der Waals surface area contributed by atoms with Gasteiger partial charge in [0, 0.05) is 16.1 Å². The lowest BCUT2D eigenvalue weighted by Crippen LogP contribution is -2.25. The van der Waals surface area contributed by atoms with Crippen LogP contribution in [0, 0.1) is 11.8 Å². The molecule has 0 N–H and O–H groups in total. The van der Waals surface area contributed by atoms with Crippen molar-refractivity contribution in [3.05, 3.63) is 12.7 Å². The third kappa shape index (κ3) is 6.05. The van der Waals surface area contributed by atoms with Crippen LogP contribution in [0.5, 0.6) is 0 Å². The fourth-order valence-corrected chi connectivity index (χ4v) is 9.01. The van der Waals surface area contributed by atoms with E-state index < -0.39 is 16.1 Å². The fourth-order valence-electron chi connectivity index (χ4n) is 3.62. The molecule has 0 radical (unpaired) electrons. The first-order chi connectivity index (χ1) is 7.72. The molecule has 0 aromatic carbocycles. The van der Waals surface area contributed by atoms with Crippen molar-refractivity contribution in [3.63, 3.8) is 0 Å². The van der Waals surface area contributed by atoms with E-state index in [1.807, 2.05) is 0 Å². The Morgan fingerprint density at radius 2 is 2.00 bits per heavy atom. The van der Waals surface area contributed by atoms with Crippen LogP contribution < -0.4 is 0 Å². The molecule has 0 aromatic rings. The van der Waals surface area contributed by atoms with Gasteiger partial charge in [-0.3, -0.25) is 0 Å². The Kier molecular flexibility index (Phi) is 5.27. The molecule has 0 spiro atoms. The molecule has 0 aliphatic carbocycles. The quantitative estimate of drug-likeness (QED) is 0.432. The van der Waals surface area contributed by atoms with Crippen molar-refractivity contribution >= 4 is 16.1 Å². The Balaban J connectivity index is 2.47. The van der Waals surface area contributed by atoms with Gasteiger partial charge in [-0.25, -0.2) is 0 Å². The van der Waals surface area contributed by atoms with E-state index in [2.05, 4.69) is 45.4 Å². The van der Waals surface area contributed by atoms with Gasteiger partial charge in [0.15, 0.2) is 0 Å². The zero-order valence-corrected chi connectivity index (χ0v) is 14.7. The maximum atomic E-state index is 3.96. The van der Waals surface area contributed by atoms with Gasteiger partial charge in [-0.2, -0.15) is 0 Å². The molecule has 1 fully saturated rings. The van der Waals surface area contributed by atoms with E-state index in [4.69, 9.17) is 0 Å². The van der Waals surface area contributed by atoms with Gasteiger partial charge in [-0.05, 0) is 24.7 Å². The summed E-state index contributed by atoms with van der Waals surface area (Å²) in [7, 11) is -1.67. The molecule has 2 heteroatoms. The molecule has 0 bridgehead atoms. The van der Waals surface area contributed by atoms with Crippen molar-refractivity contribution in [2.75, 3.05) is 0 Å². The van der Waals surface area contributed by atoms with E-state index >= 15 is 0 Å². The molecule has 1 aliphatic rings. The number of allylic oxidation sites excluding steroid dienone is 1. The first-order valence-corrected chi connectivity index (χ1v) is 14.4. The van der Waals surface area contributed by atoms with Crippen LogP contribution in [0.2, 0.25) is 50.9 Å². The molecule has 0 saturated carbocycles. The van der Waals surface area contributed by atoms with Gasteiger partial charge in [0.25, 0.3) is 0 Å². The van der Waals surface area contributed by atoms with Crippen molar-refractivity contribution in [1.82, 2.24) is 0 Å². The molecule has 0 aromatic heterocycles. The van der Waals surface area contributed by atoms with E-state index in [1.54, 1.807) is 12.1 Å². The van der Waals surface area contributed by atoms with Crippen molar-refractivity contribution in [3.8, 4) is 0 Å². The van der Waals surface area contributed by atoms with E-state index in [0.717, 1.165) is 11.8 Å². The predicted molar refractivity (Wildman–Crippen MR) is 86.3 cm³/mol. The molecule has 1 heterocycles. The highest BCUT2D eigenvalue weighted by molar-refractivity contribution is 6.78. The normalized spacial score (nSPS) is 25.8. The Morgan fingerprint density at radius 3 is 2.41 bits per heavy atom. The average molecular weight is 269 g/mol. The lowest BCUT2D eigenvalue weighted by Gasteiger charge is -2.26. The van der Waals surface area contributed by atoms with Gasteiger partial charge in [0.05, 0.1) is 0 Å². The van der Waals surface area contributed by atoms with Crippen LogP contribution in [0.1, 0.15) is 19.3 Å². The first-order valence-electron chi connectivity index (χ1n) is 7.33. The second kappa shape index (κ2) is 5.88. The van der Waals surface area contributed by atoms with Crippen molar-refractivity contribution < 1.29 is 0 Å². The molecule has 1 aliphatic heterocycles. The van der Waals surface area contributed by atoms with Crippen LogP contribution in [-0.4, -0.2) is 16.1 Å². The summed E-state index contributed by atoms with van der Waals surface area (Å²) in [5.41, 5.74) is 0. The number of hydrogen-bond acceptors (Lipinski definition) is 0. The van der Waals surface area contributed by atoms with E-state index in [9.17, 15) is 0 Å². The van der Waals surface area contributed by atoms with Gasteiger partial charge >= 0.3 is 0 Å². The Bertz CT molecular complexity index is 250. The third-order valence-corrected chi connectivity index (χ3v) is 9.27. The summed E-state index contributed by atoms with van der Waals surface area (Å²) in [5.74, 6) is 1.99. The molecule has 1 saturated heterocycles. The minimum atomic E-state index is -0.902. The summed E-state index contributed by atoms with van der Waals surface area (Å²) >= 11 is 0. The molecule has 100 valence electrons. The standard InChI is InChI=1S/C15H32Si2/c1-7-8-14(12-16(2,3)4)11-15-9-10-17(5,6)13-15/h7,14-15H,1,8-13H2,2-6H3. The van der Waals surface area contributed by atoms with E-state index in [1.165, 1.54) is 25.3 Å². The Morgan fingerprint density at radius 1 is 1.35 bits per heavy atom. The molecule has 0 nitrogen and oxygen atoms in total. The topological polar surface area (TPSA) is 0 Å². The number of hydrogen-bond donors (Lipinski definition) is 0. The summed E-state index contributed by atoms with van der Waals surface area (Å²) in [6.07, 6.45) is 6.43. The second-order valence-electron chi connectivity index (χ2n) is 8.16. The van der Waals surface area contributed by atoms with Gasteiger partial charge in [0.2, 0.25) is 0 Å². The SMILES string of the molecule is C=CCC(CC1CC[Si](C)(C)C1)C[Si](C)(C)C. The summed E-state index contributed by atoms with van der Waals surface area (Å²) < 4.78 is 0. The van der Waals surface area contributed by atoms with Gasteiger partial charge in [-0.15, -0.1) is 6.58 Å². The van der Waals surface area contributed by atoms with Gasteiger partial charge < -0.3 is 0 Å². The van der Waals surface area contributed by atoms with Crippen LogP contribution in [0.25, 0.3) is 0 Å². The third-order valence-electron chi connectivity index (χ3n) is 4.14. The highest BCUT2D eigenvalue weighted by Gasteiger charge is 2.34. The summed E-state index contributed by atoms with van der Waals surface area (Å²) in [4.78, 5) is 0. The van der Waals surface area contributed by atoms with Gasteiger partial charge in [-0.1, -0.05) is 63.4 Å². The summed E-state index contributed by atoms with van der Waals surface area (Å²) in [5, 5.41) is 0. The van der Waals surface area contributed by atoms with E-state index in [0.29, 0.717) is 0 Å². The minimum absolute atomic E-state index is 0.766. The zero-order chi connectivity index (χ0) is 13.1. The van der Waals surface area contributed by atoms with Gasteiger partial charge in [0.1, 0.15) is 0 Å². The van der Waals surface area contributed by atoms with Crippen molar-refractivity contribution in [2.24, 2.45) is 11.8 Å². The molecular formula is C15H32Si2. The first kappa shape index (κ1) is 15.2. The maximum absolute atomic E-state index is 3.96. The van der Waals surface area contributed by atoms with Crippen molar-refractivity contribution in [1.29, 1.82) is 0 Å². The minimum Gasteiger partial charge on any atom is -0.103 e. The van der Waals surface area contributed by atoms with Crippen LogP contribution >= 0.6 is 0 Å². The Labute approximate surface area is 111 Å². The molecule has 2 atom stereocenters. The lowest BCUT2D eigenvalue weighted by molar-refractivity contribution is 0.417. The highest BCUT2D eigenvalue weighted by atomic mass is 28.3. The lowest BCUT2D eigenvalue weighted by atomic mass is 9.93. The van der Waals surface area contributed by atoms with E-state index in [-0.39, 0.29) is 0 Å². The van der Waals surface area contributed by atoms with Crippen molar-refractivity contribution in [2.45, 2.75) is 70.1 Å². The maximum Gasteiger partial charge on any atom is 0.0476 e.